The molecule has 2 heteroatoms. The Morgan fingerprint density at radius 1 is 1.33 bits per heavy atom. The smallest absolute Gasteiger partial charge is 0.184 e. The summed E-state index contributed by atoms with van der Waals surface area (Å²) in [5.41, 5.74) is 1.36. The van der Waals surface area contributed by atoms with Crippen molar-refractivity contribution in [3.63, 3.8) is 0 Å². The van der Waals surface area contributed by atoms with E-state index in [2.05, 4.69) is 36.2 Å². The number of benzene rings is 1. The molecule has 1 aliphatic heterocycles. The van der Waals surface area contributed by atoms with Crippen LogP contribution in [0.3, 0.4) is 0 Å². The molecule has 0 fully saturated rings. The van der Waals surface area contributed by atoms with Gasteiger partial charge in [0.15, 0.2) is 5.90 Å². The first-order valence-electron chi connectivity index (χ1n) is 5.55. The molecule has 1 aromatic carbocycles. The van der Waals surface area contributed by atoms with E-state index in [1.54, 1.807) is 0 Å². The van der Waals surface area contributed by atoms with E-state index < -0.39 is 0 Å². The average molecular weight is 203 g/mol. The van der Waals surface area contributed by atoms with Crippen LogP contribution in [0, 0.1) is 0 Å². The van der Waals surface area contributed by atoms with Crippen LogP contribution in [0.1, 0.15) is 31.7 Å². The molecular weight excluding hydrogens is 186 g/mol. The summed E-state index contributed by atoms with van der Waals surface area (Å²) >= 11 is 0. The van der Waals surface area contributed by atoms with Gasteiger partial charge in [0, 0.05) is 12.3 Å². The summed E-state index contributed by atoms with van der Waals surface area (Å²) in [5, 5.41) is 0. The van der Waals surface area contributed by atoms with Crippen LogP contribution in [0.4, 0.5) is 0 Å². The van der Waals surface area contributed by atoms with Crippen molar-refractivity contribution >= 4 is 5.90 Å². The number of ether oxygens (including phenoxy) is 1. The van der Waals surface area contributed by atoms with Gasteiger partial charge in [-0.05, 0) is 19.4 Å². The van der Waals surface area contributed by atoms with Gasteiger partial charge in [0.1, 0.15) is 0 Å². The van der Waals surface area contributed by atoms with Crippen molar-refractivity contribution in [2.24, 2.45) is 4.99 Å². The molecule has 2 nitrogen and oxygen atoms in total. The minimum atomic E-state index is 0.342. The van der Waals surface area contributed by atoms with Crippen LogP contribution in [0.15, 0.2) is 35.3 Å². The maximum atomic E-state index is 5.47. The summed E-state index contributed by atoms with van der Waals surface area (Å²) in [6.45, 7) is 4.87. The highest BCUT2D eigenvalue weighted by molar-refractivity contribution is 5.79. The molecule has 0 saturated carbocycles. The summed E-state index contributed by atoms with van der Waals surface area (Å²) in [5.74, 6) is 1.41. The predicted molar refractivity (Wildman–Crippen MR) is 62.3 cm³/mol. The highest BCUT2D eigenvalue weighted by Gasteiger charge is 2.27. The van der Waals surface area contributed by atoms with Crippen LogP contribution in [-0.2, 0) is 4.74 Å². The van der Waals surface area contributed by atoms with E-state index in [0.29, 0.717) is 18.6 Å². The second kappa shape index (κ2) is 4.47. The Bertz CT molecular complexity index is 345. The second-order valence-electron chi connectivity index (χ2n) is 3.92. The zero-order chi connectivity index (χ0) is 10.7. The monoisotopic (exact) mass is 203 g/mol. The second-order valence-corrected chi connectivity index (χ2v) is 3.92. The van der Waals surface area contributed by atoms with Gasteiger partial charge >= 0.3 is 0 Å². The van der Waals surface area contributed by atoms with E-state index in [1.807, 2.05) is 13.0 Å². The molecule has 1 heterocycles. The standard InChI is InChI=1S/C13H17NO/c1-3-15-13-9-12(10(2)14-13)11-7-5-4-6-8-11/h4-8,10,12H,3,9H2,1-2H3. The van der Waals surface area contributed by atoms with Gasteiger partial charge in [0.2, 0.25) is 0 Å². The lowest BCUT2D eigenvalue weighted by molar-refractivity contribution is 0.320. The molecule has 80 valence electrons. The van der Waals surface area contributed by atoms with Crippen LogP contribution in [0.5, 0.6) is 0 Å². The van der Waals surface area contributed by atoms with Crippen molar-refractivity contribution in [1.82, 2.24) is 0 Å². The number of hydrogen-bond acceptors (Lipinski definition) is 2. The fourth-order valence-corrected chi connectivity index (χ4v) is 2.09. The van der Waals surface area contributed by atoms with E-state index in [-0.39, 0.29) is 0 Å². The Labute approximate surface area is 91.0 Å². The van der Waals surface area contributed by atoms with E-state index >= 15 is 0 Å². The number of hydrogen-bond donors (Lipinski definition) is 0. The molecule has 0 aromatic heterocycles. The predicted octanol–water partition coefficient (Wildman–Crippen LogP) is 3.00. The lowest BCUT2D eigenvalue weighted by atomic mass is 9.92. The van der Waals surface area contributed by atoms with Crippen LogP contribution < -0.4 is 0 Å². The molecule has 2 rings (SSSR count). The minimum absolute atomic E-state index is 0.342. The van der Waals surface area contributed by atoms with Crippen molar-refractivity contribution in [2.45, 2.75) is 32.2 Å². The summed E-state index contributed by atoms with van der Waals surface area (Å²) in [6, 6.07) is 10.9. The van der Waals surface area contributed by atoms with E-state index in [9.17, 15) is 0 Å². The molecule has 1 aromatic rings. The van der Waals surface area contributed by atoms with Crippen molar-refractivity contribution in [3.8, 4) is 0 Å². The van der Waals surface area contributed by atoms with Crippen molar-refractivity contribution in [1.29, 1.82) is 0 Å². The molecule has 0 spiro atoms. The Morgan fingerprint density at radius 2 is 2.07 bits per heavy atom. The van der Waals surface area contributed by atoms with Gasteiger partial charge < -0.3 is 4.74 Å². The van der Waals surface area contributed by atoms with Gasteiger partial charge in [-0.15, -0.1) is 0 Å². The molecule has 0 N–H and O–H groups in total. The van der Waals surface area contributed by atoms with Crippen LogP contribution in [0.2, 0.25) is 0 Å². The lowest BCUT2D eigenvalue weighted by Gasteiger charge is -2.13. The molecule has 0 bridgehead atoms. The first-order chi connectivity index (χ1) is 7.31. The van der Waals surface area contributed by atoms with Crippen molar-refractivity contribution < 1.29 is 4.74 Å². The fraction of sp³-hybridized carbons (Fsp3) is 0.462. The maximum absolute atomic E-state index is 5.47. The summed E-state index contributed by atoms with van der Waals surface area (Å²) in [4.78, 5) is 4.53. The van der Waals surface area contributed by atoms with Gasteiger partial charge in [-0.3, -0.25) is 4.99 Å². The van der Waals surface area contributed by atoms with Crippen LogP contribution >= 0.6 is 0 Å². The zero-order valence-corrected chi connectivity index (χ0v) is 9.31. The Morgan fingerprint density at radius 3 is 2.73 bits per heavy atom. The Hall–Kier alpha value is -1.31. The third-order valence-electron chi connectivity index (χ3n) is 2.86. The summed E-state index contributed by atoms with van der Waals surface area (Å²) in [7, 11) is 0. The Balaban J connectivity index is 2.09. The van der Waals surface area contributed by atoms with Crippen LogP contribution in [-0.4, -0.2) is 18.5 Å². The number of nitrogens with zero attached hydrogens (tertiary/aromatic N) is 1. The molecule has 2 unspecified atom stereocenters. The van der Waals surface area contributed by atoms with Gasteiger partial charge in [-0.25, -0.2) is 0 Å². The van der Waals surface area contributed by atoms with E-state index in [4.69, 9.17) is 4.74 Å². The normalized spacial score (nSPS) is 25.1. The number of rotatable bonds is 2. The fourth-order valence-electron chi connectivity index (χ4n) is 2.09. The SMILES string of the molecule is CCOC1=NC(C)C(c2ccccc2)C1. The van der Waals surface area contributed by atoms with Crippen LogP contribution in [0.25, 0.3) is 0 Å². The zero-order valence-electron chi connectivity index (χ0n) is 9.31. The Kier molecular flexibility index (Phi) is 3.05. The number of aliphatic imine (C=N–C) groups is 1. The molecule has 15 heavy (non-hydrogen) atoms. The third-order valence-corrected chi connectivity index (χ3v) is 2.86. The topological polar surface area (TPSA) is 21.6 Å². The minimum Gasteiger partial charge on any atom is -0.481 e. The van der Waals surface area contributed by atoms with Gasteiger partial charge in [0.05, 0.1) is 12.6 Å². The van der Waals surface area contributed by atoms with Gasteiger partial charge in [-0.1, -0.05) is 30.3 Å². The van der Waals surface area contributed by atoms with E-state index in [0.717, 1.165) is 12.3 Å². The molecule has 0 radical (unpaired) electrons. The van der Waals surface area contributed by atoms with E-state index in [1.165, 1.54) is 5.56 Å². The molecule has 0 saturated heterocycles. The highest BCUT2D eigenvalue weighted by Crippen LogP contribution is 2.31. The summed E-state index contributed by atoms with van der Waals surface area (Å²) < 4.78 is 5.47. The largest absolute Gasteiger partial charge is 0.481 e. The maximum Gasteiger partial charge on any atom is 0.184 e. The van der Waals surface area contributed by atoms with Crippen molar-refractivity contribution in [3.05, 3.63) is 35.9 Å². The third kappa shape index (κ3) is 2.20. The molecule has 0 amide bonds. The lowest BCUT2D eigenvalue weighted by Crippen LogP contribution is -2.08. The first kappa shape index (κ1) is 10.2. The quantitative estimate of drug-likeness (QED) is 0.724. The first-order valence-corrected chi connectivity index (χ1v) is 5.55. The highest BCUT2D eigenvalue weighted by atomic mass is 16.5. The van der Waals surface area contributed by atoms with Gasteiger partial charge in [0.25, 0.3) is 0 Å². The average Bonchev–Trinajstić information content (AvgIpc) is 2.61. The van der Waals surface area contributed by atoms with Gasteiger partial charge in [-0.2, -0.15) is 0 Å². The molecule has 0 aliphatic carbocycles. The molecular formula is C13H17NO. The summed E-state index contributed by atoms with van der Waals surface area (Å²) in [6.07, 6.45) is 0.943. The molecule has 1 aliphatic rings. The molecule has 2 atom stereocenters. The van der Waals surface area contributed by atoms with Crippen molar-refractivity contribution in [2.75, 3.05) is 6.61 Å².